The summed E-state index contributed by atoms with van der Waals surface area (Å²) in [5.74, 6) is 2.33. The molecule has 0 amide bonds. The van der Waals surface area contributed by atoms with E-state index in [1.807, 2.05) is 36.0 Å². The normalized spacial score (nSPS) is 19.6. The summed E-state index contributed by atoms with van der Waals surface area (Å²) in [4.78, 5) is 2.30. The van der Waals surface area contributed by atoms with Crippen molar-refractivity contribution >= 4 is 17.4 Å². The standard InChI is InChI=1S/C12H18N2OS/c13-11-4-2-1-3-10(11)12(15)9-14-5-7-16-8-6-14/h1-4,12,15H,5-9,13H2. The van der Waals surface area contributed by atoms with Gasteiger partial charge in [0.1, 0.15) is 0 Å². The molecule has 1 aromatic rings. The molecule has 0 aromatic heterocycles. The quantitative estimate of drug-likeness (QED) is 0.781. The Bertz CT molecular complexity index is 340. The Labute approximate surface area is 101 Å². The van der Waals surface area contributed by atoms with E-state index in [-0.39, 0.29) is 0 Å². The lowest BCUT2D eigenvalue weighted by molar-refractivity contribution is 0.119. The molecule has 0 radical (unpaired) electrons. The van der Waals surface area contributed by atoms with Crippen molar-refractivity contribution in [3.05, 3.63) is 29.8 Å². The number of para-hydroxylation sites is 1. The molecule has 1 aliphatic rings. The highest BCUT2D eigenvalue weighted by atomic mass is 32.2. The summed E-state index contributed by atoms with van der Waals surface area (Å²) in [6, 6.07) is 7.55. The van der Waals surface area contributed by atoms with E-state index in [4.69, 9.17) is 5.73 Å². The molecule has 1 unspecified atom stereocenters. The average Bonchev–Trinajstić information content (AvgIpc) is 2.31. The molecule has 1 aromatic carbocycles. The van der Waals surface area contributed by atoms with Gasteiger partial charge in [0, 0.05) is 42.4 Å². The number of benzene rings is 1. The van der Waals surface area contributed by atoms with E-state index < -0.39 is 6.10 Å². The Hall–Kier alpha value is -0.710. The Morgan fingerprint density at radius 2 is 2.00 bits per heavy atom. The SMILES string of the molecule is Nc1ccccc1C(O)CN1CCSCC1. The molecule has 1 atom stereocenters. The number of hydrogen-bond acceptors (Lipinski definition) is 4. The number of nitrogens with zero attached hydrogens (tertiary/aromatic N) is 1. The van der Waals surface area contributed by atoms with Crippen LogP contribution in [-0.2, 0) is 0 Å². The molecule has 16 heavy (non-hydrogen) atoms. The van der Waals surface area contributed by atoms with Crippen LogP contribution in [0.1, 0.15) is 11.7 Å². The van der Waals surface area contributed by atoms with Gasteiger partial charge in [0.05, 0.1) is 6.10 Å². The second-order valence-corrected chi connectivity index (χ2v) is 5.28. The average molecular weight is 238 g/mol. The van der Waals surface area contributed by atoms with Gasteiger partial charge >= 0.3 is 0 Å². The molecule has 1 aliphatic heterocycles. The lowest BCUT2D eigenvalue weighted by Crippen LogP contribution is -2.36. The van der Waals surface area contributed by atoms with Gasteiger partial charge in [-0.1, -0.05) is 18.2 Å². The number of nitrogens with two attached hydrogens (primary N) is 1. The molecular weight excluding hydrogens is 220 g/mol. The van der Waals surface area contributed by atoms with Gasteiger partial charge < -0.3 is 10.8 Å². The zero-order valence-electron chi connectivity index (χ0n) is 9.30. The van der Waals surface area contributed by atoms with Crippen molar-refractivity contribution in [2.75, 3.05) is 36.9 Å². The van der Waals surface area contributed by atoms with Gasteiger partial charge in [-0.2, -0.15) is 11.8 Å². The van der Waals surface area contributed by atoms with Crippen molar-refractivity contribution < 1.29 is 5.11 Å². The Morgan fingerprint density at radius 1 is 1.31 bits per heavy atom. The van der Waals surface area contributed by atoms with Crippen LogP contribution in [-0.4, -0.2) is 41.1 Å². The second kappa shape index (κ2) is 5.57. The molecule has 0 saturated carbocycles. The Morgan fingerprint density at radius 3 is 2.69 bits per heavy atom. The fraction of sp³-hybridized carbons (Fsp3) is 0.500. The van der Waals surface area contributed by atoms with E-state index in [1.165, 1.54) is 0 Å². The predicted octanol–water partition coefficient (Wildman–Crippen LogP) is 1.35. The van der Waals surface area contributed by atoms with Crippen LogP contribution in [0.2, 0.25) is 0 Å². The first kappa shape index (κ1) is 11.8. The number of rotatable bonds is 3. The summed E-state index contributed by atoms with van der Waals surface area (Å²) < 4.78 is 0. The van der Waals surface area contributed by atoms with Crippen LogP contribution >= 0.6 is 11.8 Å². The second-order valence-electron chi connectivity index (χ2n) is 4.06. The molecular formula is C12H18N2OS. The summed E-state index contributed by atoms with van der Waals surface area (Å²) in [7, 11) is 0. The molecule has 0 spiro atoms. The van der Waals surface area contributed by atoms with Crippen molar-refractivity contribution in [3.63, 3.8) is 0 Å². The van der Waals surface area contributed by atoms with E-state index in [0.717, 1.165) is 30.2 Å². The smallest absolute Gasteiger partial charge is 0.0936 e. The van der Waals surface area contributed by atoms with Crippen LogP contribution in [0.5, 0.6) is 0 Å². The minimum Gasteiger partial charge on any atom is -0.398 e. The molecule has 1 heterocycles. The predicted molar refractivity (Wildman–Crippen MR) is 69.6 cm³/mol. The highest BCUT2D eigenvalue weighted by Crippen LogP contribution is 2.21. The van der Waals surface area contributed by atoms with Gasteiger partial charge in [0.2, 0.25) is 0 Å². The van der Waals surface area contributed by atoms with E-state index in [9.17, 15) is 5.11 Å². The molecule has 3 N–H and O–H groups in total. The number of aliphatic hydroxyl groups is 1. The van der Waals surface area contributed by atoms with Crippen LogP contribution < -0.4 is 5.73 Å². The monoisotopic (exact) mass is 238 g/mol. The molecule has 0 bridgehead atoms. The maximum atomic E-state index is 10.1. The zero-order valence-corrected chi connectivity index (χ0v) is 10.1. The third-order valence-electron chi connectivity index (χ3n) is 2.89. The van der Waals surface area contributed by atoms with Crippen molar-refractivity contribution in [3.8, 4) is 0 Å². The maximum Gasteiger partial charge on any atom is 0.0936 e. The number of aliphatic hydroxyl groups excluding tert-OH is 1. The van der Waals surface area contributed by atoms with Crippen LogP contribution in [0.3, 0.4) is 0 Å². The number of hydrogen-bond donors (Lipinski definition) is 2. The lowest BCUT2D eigenvalue weighted by Gasteiger charge is -2.28. The molecule has 3 nitrogen and oxygen atoms in total. The summed E-state index contributed by atoms with van der Waals surface area (Å²) in [5.41, 5.74) is 7.37. The van der Waals surface area contributed by atoms with Crippen LogP contribution in [0.25, 0.3) is 0 Å². The van der Waals surface area contributed by atoms with Crippen molar-refractivity contribution in [1.29, 1.82) is 0 Å². The van der Waals surface area contributed by atoms with Gasteiger partial charge in [-0.15, -0.1) is 0 Å². The summed E-state index contributed by atoms with van der Waals surface area (Å²) >= 11 is 1.98. The summed E-state index contributed by atoms with van der Waals surface area (Å²) in [6.07, 6.45) is -0.468. The van der Waals surface area contributed by atoms with Crippen molar-refractivity contribution in [2.24, 2.45) is 0 Å². The molecule has 2 rings (SSSR count). The van der Waals surface area contributed by atoms with Crippen LogP contribution in [0.4, 0.5) is 5.69 Å². The summed E-state index contributed by atoms with van der Waals surface area (Å²) in [6.45, 7) is 2.82. The molecule has 1 saturated heterocycles. The first-order valence-electron chi connectivity index (χ1n) is 5.60. The van der Waals surface area contributed by atoms with Gasteiger partial charge in [-0.25, -0.2) is 0 Å². The first-order valence-corrected chi connectivity index (χ1v) is 6.75. The molecule has 0 aliphatic carbocycles. The third kappa shape index (κ3) is 2.90. The third-order valence-corrected chi connectivity index (χ3v) is 3.83. The van der Waals surface area contributed by atoms with Gasteiger partial charge in [-0.3, -0.25) is 4.90 Å². The van der Waals surface area contributed by atoms with Gasteiger partial charge in [-0.05, 0) is 6.07 Å². The fourth-order valence-corrected chi connectivity index (χ4v) is 2.92. The van der Waals surface area contributed by atoms with E-state index >= 15 is 0 Å². The van der Waals surface area contributed by atoms with E-state index in [2.05, 4.69) is 4.90 Å². The fourth-order valence-electron chi connectivity index (χ4n) is 1.94. The Balaban J connectivity index is 1.96. The van der Waals surface area contributed by atoms with Crippen molar-refractivity contribution in [1.82, 2.24) is 4.90 Å². The van der Waals surface area contributed by atoms with Crippen molar-refractivity contribution in [2.45, 2.75) is 6.10 Å². The van der Waals surface area contributed by atoms with E-state index in [0.29, 0.717) is 12.2 Å². The number of thioether (sulfide) groups is 1. The zero-order chi connectivity index (χ0) is 11.4. The number of β-amino-alcohol motifs (C(OH)–C–C–N with tert-alkyl or cyclic N) is 1. The minimum absolute atomic E-state index is 0.468. The summed E-state index contributed by atoms with van der Waals surface area (Å²) in [5, 5.41) is 10.1. The van der Waals surface area contributed by atoms with Crippen LogP contribution in [0.15, 0.2) is 24.3 Å². The van der Waals surface area contributed by atoms with Crippen LogP contribution in [0, 0.1) is 0 Å². The number of nitrogen functional groups attached to an aromatic ring is 1. The molecule has 1 fully saturated rings. The highest BCUT2D eigenvalue weighted by Gasteiger charge is 2.17. The van der Waals surface area contributed by atoms with Gasteiger partial charge in [0.15, 0.2) is 0 Å². The lowest BCUT2D eigenvalue weighted by atomic mass is 10.1. The highest BCUT2D eigenvalue weighted by molar-refractivity contribution is 7.99. The van der Waals surface area contributed by atoms with Gasteiger partial charge in [0.25, 0.3) is 0 Å². The number of anilines is 1. The topological polar surface area (TPSA) is 49.5 Å². The molecule has 88 valence electrons. The maximum absolute atomic E-state index is 10.1. The molecule has 4 heteroatoms. The minimum atomic E-state index is -0.468. The first-order chi connectivity index (χ1) is 7.77. The Kier molecular flexibility index (Phi) is 4.09. The van der Waals surface area contributed by atoms with E-state index in [1.54, 1.807) is 0 Å². The largest absolute Gasteiger partial charge is 0.398 e.